The number of carbonyl (C=O) groups excluding carboxylic acids is 1. The summed E-state index contributed by atoms with van der Waals surface area (Å²) < 4.78 is 0. The van der Waals surface area contributed by atoms with E-state index in [1.165, 1.54) is 0 Å². The Morgan fingerprint density at radius 1 is 1.27 bits per heavy atom. The predicted octanol–water partition coefficient (Wildman–Crippen LogP) is 1.91. The van der Waals surface area contributed by atoms with Crippen molar-refractivity contribution >= 4 is 5.91 Å². The van der Waals surface area contributed by atoms with Gasteiger partial charge in [-0.25, -0.2) is 0 Å². The van der Waals surface area contributed by atoms with Gasteiger partial charge in [-0.1, -0.05) is 27.7 Å². The Labute approximate surface area is 93.8 Å². The maximum absolute atomic E-state index is 11.5. The number of carbonyl (C=O) groups is 1. The molecule has 3 N–H and O–H groups in total. The van der Waals surface area contributed by atoms with Crippen LogP contribution in [-0.4, -0.2) is 19.0 Å². The third-order valence-electron chi connectivity index (χ3n) is 2.41. The van der Waals surface area contributed by atoms with Crippen LogP contribution in [0.25, 0.3) is 0 Å². The lowest BCUT2D eigenvalue weighted by atomic mass is 9.73. The second-order valence-corrected chi connectivity index (χ2v) is 5.88. The summed E-state index contributed by atoms with van der Waals surface area (Å²) in [5.41, 5.74) is 5.90. The van der Waals surface area contributed by atoms with Crippen LogP contribution in [0.5, 0.6) is 0 Å². The van der Waals surface area contributed by atoms with E-state index in [0.717, 1.165) is 6.42 Å². The summed E-state index contributed by atoms with van der Waals surface area (Å²) in [5.74, 6) is 0.106. The zero-order valence-corrected chi connectivity index (χ0v) is 10.8. The molecule has 0 aromatic heterocycles. The minimum Gasteiger partial charge on any atom is -0.356 e. The van der Waals surface area contributed by atoms with E-state index < -0.39 is 0 Å². The van der Waals surface area contributed by atoms with E-state index in [4.69, 9.17) is 5.73 Å². The Balaban J connectivity index is 4.37. The number of hydrogen-bond donors (Lipinski definition) is 2. The SMILES string of the molecule is CCNC(=O)CC(C)(CN)CC(C)(C)C. The fourth-order valence-electron chi connectivity index (χ4n) is 2.13. The molecule has 15 heavy (non-hydrogen) atoms. The van der Waals surface area contributed by atoms with Crippen molar-refractivity contribution in [3.05, 3.63) is 0 Å². The zero-order chi connectivity index (χ0) is 12.1. The number of hydrogen-bond acceptors (Lipinski definition) is 2. The molecule has 0 aliphatic heterocycles. The molecule has 0 saturated carbocycles. The van der Waals surface area contributed by atoms with Gasteiger partial charge in [0.25, 0.3) is 0 Å². The minimum atomic E-state index is -0.0858. The number of nitrogens with one attached hydrogen (secondary N) is 1. The number of amides is 1. The van der Waals surface area contributed by atoms with Crippen LogP contribution in [0.15, 0.2) is 0 Å². The van der Waals surface area contributed by atoms with Crippen LogP contribution in [0, 0.1) is 10.8 Å². The van der Waals surface area contributed by atoms with Crippen molar-refractivity contribution in [3.63, 3.8) is 0 Å². The van der Waals surface area contributed by atoms with Gasteiger partial charge in [0.1, 0.15) is 0 Å². The molecule has 1 atom stereocenters. The second-order valence-electron chi connectivity index (χ2n) is 5.88. The highest BCUT2D eigenvalue weighted by molar-refractivity contribution is 5.76. The first kappa shape index (κ1) is 14.4. The minimum absolute atomic E-state index is 0.0858. The Hall–Kier alpha value is -0.570. The van der Waals surface area contributed by atoms with Crippen LogP contribution >= 0.6 is 0 Å². The third-order valence-corrected chi connectivity index (χ3v) is 2.41. The Morgan fingerprint density at radius 2 is 1.80 bits per heavy atom. The summed E-state index contributed by atoms with van der Waals surface area (Å²) in [6.45, 7) is 11.8. The molecule has 0 saturated heterocycles. The average Bonchev–Trinajstić information content (AvgIpc) is 2.00. The first-order valence-electron chi connectivity index (χ1n) is 5.69. The predicted molar refractivity (Wildman–Crippen MR) is 64.5 cm³/mol. The lowest BCUT2D eigenvalue weighted by Crippen LogP contribution is -2.37. The molecule has 3 heteroatoms. The maximum Gasteiger partial charge on any atom is 0.220 e. The summed E-state index contributed by atoms with van der Waals surface area (Å²) >= 11 is 0. The fraction of sp³-hybridized carbons (Fsp3) is 0.917. The van der Waals surface area contributed by atoms with Crippen molar-refractivity contribution in [2.45, 2.75) is 47.5 Å². The molecule has 0 radical (unpaired) electrons. The number of nitrogens with two attached hydrogens (primary N) is 1. The summed E-state index contributed by atoms with van der Waals surface area (Å²) in [6.07, 6.45) is 1.49. The first-order chi connectivity index (χ1) is 6.72. The molecule has 0 aliphatic carbocycles. The van der Waals surface area contributed by atoms with E-state index in [-0.39, 0.29) is 16.7 Å². The van der Waals surface area contributed by atoms with Gasteiger partial charge in [-0.15, -0.1) is 0 Å². The highest BCUT2D eigenvalue weighted by Crippen LogP contribution is 2.35. The normalized spacial score (nSPS) is 15.9. The molecule has 0 heterocycles. The third kappa shape index (κ3) is 6.50. The van der Waals surface area contributed by atoms with E-state index in [9.17, 15) is 4.79 Å². The molecule has 0 spiro atoms. The van der Waals surface area contributed by atoms with Crippen LogP contribution in [0.2, 0.25) is 0 Å². The van der Waals surface area contributed by atoms with Crippen LogP contribution in [0.4, 0.5) is 0 Å². The highest BCUT2D eigenvalue weighted by atomic mass is 16.1. The van der Waals surface area contributed by atoms with Crippen molar-refractivity contribution in [1.29, 1.82) is 0 Å². The first-order valence-corrected chi connectivity index (χ1v) is 5.69. The molecule has 0 aromatic carbocycles. The Morgan fingerprint density at radius 3 is 2.13 bits per heavy atom. The van der Waals surface area contributed by atoms with Gasteiger partial charge in [0.2, 0.25) is 5.91 Å². The highest BCUT2D eigenvalue weighted by Gasteiger charge is 2.30. The number of rotatable bonds is 5. The van der Waals surface area contributed by atoms with Crippen molar-refractivity contribution in [2.24, 2.45) is 16.6 Å². The Kier molecular flexibility index (Phi) is 5.29. The van der Waals surface area contributed by atoms with Gasteiger partial charge in [0, 0.05) is 13.0 Å². The van der Waals surface area contributed by atoms with Gasteiger partial charge in [0.15, 0.2) is 0 Å². The van der Waals surface area contributed by atoms with Crippen LogP contribution in [0.1, 0.15) is 47.5 Å². The largest absolute Gasteiger partial charge is 0.356 e. The van der Waals surface area contributed by atoms with Gasteiger partial charge in [-0.2, -0.15) is 0 Å². The lowest BCUT2D eigenvalue weighted by molar-refractivity contribution is -0.123. The molecule has 1 unspecified atom stereocenters. The van der Waals surface area contributed by atoms with Crippen LogP contribution in [0.3, 0.4) is 0 Å². The van der Waals surface area contributed by atoms with Crippen molar-refractivity contribution in [2.75, 3.05) is 13.1 Å². The molecule has 3 nitrogen and oxygen atoms in total. The zero-order valence-electron chi connectivity index (χ0n) is 10.8. The monoisotopic (exact) mass is 214 g/mol. The van der Waals surface area contributed by atoms with Gasteiger partial charge in [0.05, 0.1) is 0 Å². The molecule has 0 aliphatic rings. The van der Waals surface area contributed by atoms with E-state index in [1.807, 2.05) is 6.92 Å². The van der Waals surface area contributed by atoms with Gasteiger partial charge in [-0.3, -0.25) is 4.79 Å². The molecular formula is C12H26N2O. The standard InChI is InChI=1S/C12H26N2O/c1-6-14-10(15)7-12(5,9-13)8-11(2,3)4/h6-9,13H2,1-5H3,(H,14,15). The summed E-state index contributed by atoms with van der Waals surface area (Å²) in [4.78, 5) is 11.5. The topological polar surface area (TPSA) is 55.1 Å². The van der Waals surface area contributed by atoms with Crippen molar-refractivity contribution in [3.8, 4) is 0 Å². The molecule has 1 amide bonds. The molecule has 0 bridgehead atoms. The fourth-order valence-corrected chi connectivity index (χ4v) is 2.13. The maximum atomic E-state index is 11.5. The molecule has 0 fully saturated rings. The molecule has 90 valence electrons. The summed E-state index contributed by atoms with van der Waals surface area (Å²) in [6, 6.07) is 0. The molecule has 0 aromatic rings. The van der Waals surface area contributed by atoms with E-state index >= 15 is 0 Å². The lowest BCUT2D eigenvalue weighted by Gasteiger charge is -2.34. The molecular weight excluding hydrogens is 188 g/mol. The van der Waals surface area contributed by atoms with E-state index in [0.29, 0.717) is 19.5 Å². The van der Waals surface area contributed by atoms with E-state index in [2.05, 4.69) is 33.0 Å². The van der Waals surface area contributed by atoms with Gasteiger partial charge in [-0.05, 0) is 30.7 Å². The average molecular weight is 214 g/mol. The van der Waals surface area contributed by atoms with Crippen LogP contribution in [-0.2, 0) is 4.79 Å². The van der Waals surface area contributed by atoms with Crippen molar-refractivity contribution < 1.29 is 4.79 Å². The quantitative estimate of drug-likeness (QED) is 0.734. The summed E-state index contributed by atoms with van der Waals surface area (Å²) in [7, 11) is 0. The van der Waals surface area contributed by atoms with Gasteiger partial charge >= 0.3 is 0 Å². The smallest absolute Gasteiger partial charge is 0.220 e. The second kappa shape index (κ2) is 5.50. The van der Waals surface area contributed by atoms with Crippen molar-refractivity contribution in [1.82, 2.24) is 5.32 Å². The molecule has 0 rings (SSSR count). The van der Waals surface area contributed by atoms with E-state index in [1.54, 1.807) is 0 Å². The Bertz CT molecular complexity index is 208. The van der Waals surface area contributed by atoms with Gasteiger partial charge < -0.3 is 11.1 Å². The van der Waals surface area contributed by atoms with Crippen LogP contribution < -0.4 is 11.1 Å². The summed E-state index contributed by atoms with van der Waals surface area (Å²) in [5, 5.41) is 2.83.